The fourth-order valence-corrected chi connectivity index (χ4v) is 8.51. The third-order valence-electron chi connectivity index (χ3n) is 9.23. The van der Waals surface area contributed by atoms with Gasteiger partial charge >= 0.3 is 0 Å². The summed E-state index contributed by atoms with van der Waals surface area (Å²) in [6, 6.07) is 20.0. The molecule has 24 nitrogen and oxygen atoms in total. The van der Waals surface area contributed by atoms with Crippen molar-refractivity contribution in [3.8, 4) is 11.5 Å². The van der Waals surface area contributed by atoms with Gasteiger partial charge in [0.25, 0.3) is 40.5 Å². The van der Waals surface area contributed by atoms with Crippen LogP contribution in [0.5, 0.6) is 11.5 Å². The topological polar surface area (TPSA) is 402 Å². The van der Waals surface area contributed by atoms with E-state index < -0.39 is 72.3 Å². The molecule has 28 heteroatoms. The van der Waals surface area contributed by atoms with Gasteiger partial charge in [-0.05, 0) is 129 Å². The molecule has 6 aromatic carbocycles. The van der Waals surface area contributed by atoms with E-state index in [4.69, 9.17) is 25.6 Å². The number of hydrogen-bond donors (Lipinski definition) is 8. The number of carbonyl (C=O) groups is 1. The van der Waals surface area contributed by atoms with Gasteiger partial charge in [-0.1, -0.05) is 0 Å². The molecule has 0 aliphatic heterocycles. The number of ether oxygens (including phenoxy) is 1. The highest BCUT2D eigenvalue weighted by molar-refractivity contribution is 7.86. The van der Waals surface area contributed by atoms with Crippen LogP contribution in [0.1, 0.15) is 24.5 Å². The van der Waals surface area contributed by atoms with Crippen LogP contribution in [-0.2, 0) is 45.3 Å². The number of aromatic hydroxyl groups is 1. The number of nitrogens with two attached hydrogens (primary N) is 2. The molecule has 0 aromatic heterocycles. The number of phenolic OH excluding ortho intramolecular Hbond substituents is 1. The molecule has 0 unspecified atom stereocenters. The average molecular weight is 1030 g/mol. The number of benzene rings is 6. The fraction of sp³-hybridized carbons (Fsp3) is 0.146. The smallest absolute Gasteiger partial charge is 0.296 e. The van der Waals surface area contributed by atoms with E-state index in [0.717, 1.165) is 24.5 Å². The predicted molar refractivity (Wildman–Crippen MR) is 253 cm³/mol. The summed E-state index contributed by atoms with van der Waals surface area (Å²) in [5.41, 5.74) is 12.5. The Kier molecular flexibility index (Phi) is 16.3. The van der Waals surface area contributed by atoms with Gasteiger partial charge < -0.3 is 31.4 Å². The van der Waals surface area contributed by atoms with Crippen molar-refractivity contribution < 1.29 is 66.5 Å². The predicted octanol–water partition coefficient (Wildman–Crippen LogP) is 8.92. The van der Waals surface area contributed by atoms with Crippen LogP contribution in [0.4, 0.5) is 56.9 Å². The molecule has 0 saturated heterocycles. The lowest BCUT2D eigenvalue weighted by Gasteiger charge is -2.12. The Morgan fingerprint density at radius 2 is 1.19 bits per heavy atom. The molecule has 0 fully saturated rings. The zero-order valence-corrected chi connectivity index (χ0v) is 39.4. The summed E-state index contributed by atoms with van der Waals surface area (Å²) in [7, 11) is -18.7. The van der Waals surface area contributed by atoms with Crippen molar-refractivity contribution in [3.63, 3.8) is 0 Å². The Hall–Kier alpha value is -7.31. The maximum Gasteiger partial charge on any atom is 0.296 e. The molecule has 0 spiro atoms. The largest absolute Gasteiger partial charge is 0.505 e. The minimum Gasteiger partial charge on any atom is -0.505 e. The number of carbonyl (C=O) groups excluding carboxylic acids is 1. The molecular formula is C41H41N9O15S4. The second-order valence-corrected chi connectivity index (χ2v) is 20.2. The Bertz CT molecular complexity index is 3540. The highest BCUT2D eigenvalue weighted by Crippen LogP contribution is 2.43. The second kappa shape index (κ2) is 21.3. The number of anilines is 4. The van der Waals surface area contributed by atoms with Crippen LogP contribution in [0.25, 0.3) is 10.8 Å². The third kappa shape index (κ3) is 14.1. The number of nitrogens with zero attached hydrogens (tertiary/aromatic N) is 6. The van der Waals surface area contributed by atoms with E-state index in [1.54, 1.807) is 13.8 Å². The summed E-state index contributed by atoms with van der Waals surface area (Å²) in [4.78, 5) is 6.89. The molecule has 0 aliphatic rings. The Morgan fingerprint density at radius 3 is 1.83 bits per heavy atom. The maximum absolute atomic E-state index is 12.5. The van der Waals surface area contributed by atoms with Gasteiger partial charge in [0.2, 0.25) is 0 Å². The molecular weight excluding hydrogens is 987 g/mol. The molecule has 0 heterocycles. The zero-order valence-electron chi connectivity index (χ0n) is 36.1. The highest BCUT2D eigenvalue weighted by Gasteiger charge is 2.23. The Morgan fingerprint density at radius 1 is 0.609 bits per heavy atom. The van der Waals surface area contributed by atoms with Gasteiger partial charge in [-0.2, -0.15) is 49.0 Å². The first-order valence-corrected chi connectivity index (χ1v) is 25.4. The normalized spacial score (nSPS) is 12.4. The molecule has 0 radical (unpaired) electrons. The molecule has 0 atom stereocenters. The summed E-state index contributed by atoms with van der Waals surface area (Å²) in [6.07, 6.45) is 0.634. The summed E-state index contributed by atoms with van der Waals surface area (Å²) < 4.78 is 139. The van der Waals surface area contributed by atoms with Crippen molar-refractivity contribution in [2.45, 2.75) is 41.9 Å². The van der Waals surface area contributed by atoms with Crippen LogP contribution >= 0.6 is 0 Å². The molecule has 6 rings (SSSR count). The van der Waals surface area contributed by atoms with Crippen molar-refractivity contribution in [1.82, 2.24) is 0 Å². The third-order valence-corrected chi connectivity index (χ3v) is 12.7. The number of hydrogen-bond acceptors (Lipinski definition) is 20. The first-order valence-electron chi connectivity index (χ1n) is 19.4. The monoisotopic (exact) mass is 1030 g/mol. The maximum atomic E-state index is 12.5. The van der Waals surface area contributed by atoms with Crippen LogP contribution in [-0.4, -0.2) is 75.6 Å². The van der Waals surface area contributed by atoms with E-state index in [1.807, 2.05) is 0 Å². The minimum atomic E-state index is -5.01. The standard InChI is InChI=1S/C39H37N9O14S4.C2H4O/c1-21-14-27(43-48-38-37(66(59,60)61)17-23-16-25(5-8-28(23)39(38)49)42-26-6-9-29(41)35(19-26)64(53,54)55)7-11-30(21)44-47-33-15-22(2)32(20-34(33)62-12-3-13-63(50,51)52)46-45-31-10-4-24(40)18-36(31)65(56,57)58;1-2-3/h4-11,14-20,42,49H,3,12-13,40-41H2,1-2H3,(H,50,51,52)(H,53,54,55)(H,56,57,58)(H,59,60,61);2H,1H3. The average Bonchev–Trinajstić information content (AvgIpc) is 3.24. The molecule has 0 saturated carbocycles. The van der Waals surface area contributed by atoms with E-state index in [1.165, 1.54) is 79.7 Å². The van der Waals surface area contributed by atoms with E-state index in [0.29, 0.717) is 22.5 Å². The lowest BCUT2D eigenvalue weighted by Crippen LogP contribution is -2.08. The van der Waals surface area contributed by atoms with Gasteiger partial charge in [0.05, 0.1) is 35.1 Å². The van der Waals surface area contributed by atoms with Crippen molar-refractivity contribution in [3.05, 3.63) is 102 Å². The Labute approximate surface area is 394 Å². The van der Waals surface area contributed by atoms with Gasteiger partial charge in [-0.15, -0.1) is 15.3 Å². The van der Waals surface area contributed by atoms with Crippen LogP contribution in [0.3, 0.4) is 0 Å². The van der Waals surface area contributed by atoms with E-state index in [9.17, 15) is 52.4 Å². The van der Waals surface area contributed by atoms with Gasteiger partial charge in [-0.3, -0.25) is 18.2 Å². The quantitative estimate of drug-likeness (QED) is 0.0147. The number of rotatable bonds is 16. The second-order valence-electron chi connectivity index (χ2n) is 14.4. The van der Waals surface area contributed by atoms with E-state index >= 15 is 0 Å². The number of azo groups is 3. The number of aryl methyl sites for hydroxylation is 2. The lowest BCUT2D eigenvalue weighted by molar-refractivity contribution is -0.106. The van der Waals surface area contributed by atoms with Crippen LogP contribution < -0.4 is 21.5 Å². The van der Waals surface area contributed by atoms with Crippen molar-refractivity contribution in [2.75, 3.05) is 29.1 Å². The van der Waals surface area contributed by atoms with Crippen LogP contribution in [0.15, 0.2) is 136 Å². The molecule has 0 bridgehead atoms. The molecule has 0 aliphatic carbocycles. The van der Waals surface area contributed by atoms with Gasteiger partial charge in [-0.25, -0.2) is 0 Å². The number of fused-ring (bicyclic) bond motifs is 1. The zero-order chi connectivity index (χ0) is 51.1. The number of nitrogen functional groups attached to an aromatic ring is 2. The van der Waals surface area contributed by atoms with Gasteiger partial charge in [0, 0.05) is 28.5 Å². The first-order chi connectivity index (χ1) is 32.2. The van der Waals surface area contributed by atoms with Gasteiger partial charge in [0.1, 0.15) is 43.8 Å². The molecule has 6 aromatic rings. The summed E-state index contributed by atoms with van der Waals surface area (Å²) >= 11 is 0. The number of nitrogens with one attached hydrogen (secondary N) is 1. The van der Waals surface area contributed by atoms with Crippen molar-refractivity contribution in [2.24, 2.45) is 30.7 Å². The van der Waals surface area contributed by atoms with Crippen LogP contribution in [0, 0.1) is 13.8 Å². The molecule has 10 N–H and O–H groups in total. The number of aldehydes is 1. The lowest BCUT2D eigenvalue weighted by atomic mass is 10.1. The van der Waals surface area contributed by atoms with E-state index in [-0.39, 0.29) is 69.4 Å². The van der Waals surface area contributed by atoms with Crippen molar-refractivity contribution in [1.29, 1.82) is 0 Å². The summed E-state index contributed by atoms with van der Waals surface area (Å²) in [5, 5.41) is 39.0. The molecule has 0 amide bonds. The Balaban J connectivity index is 0.00000288. The van der Waals surface area contributed by atoms with Crippen LogP contribution in [0.2, 0.25) is 0 Å². The highest BCUT2D eigenvalue weighted by atomic mass is 32.2. The molecule has 364 valence electrons. The summed E-state index contributed by atoms with van der Waals surface area (Å²) in [5.74, 6) is -1.21. The first kappa shape index (κ1) is 52.7. The summed E-state index contributed by atoms with van der Waals surface area (Å²) in [6.45, 7) is 4.50. The van der Waals surface area contributed by atoms with Gasteiger partial charge in [0.15, 0.2) is 5.75 Å². The fourth-order valence-electron chi connectivity index (χ4n) is 6.07. The molecule has 69 heavy (non-hydrogen) atoms. The SMILES string of the molecule is CC=O.Cc1cc(N=Nc2c(S(=O)(=O)O)cc3cc(Nc4ccc(N)c(S(=O)(=O)O)c4)ccc3c2O)ccc1N=Nc1cc(C)c(N=Nc2ccc(N)cc2S(=O)(=O)O)cc1OCCCS(=O)(=O)O. The minimum absolute atomic E-state index is 0.0393. The number of phenols is 1. The van der Waals surface area contributed by atoms with E-state index in [2.05, 4.69) is 36.0 Å². The van der Waals surface area contributed by atoms with Crippen molar-refractivity contribution >= 4 is 114 Å².